The number of para-hydroxylation sites is 2. The molecule has 7 heteroatoms. The maximum absolute atomic E-state index is 12.8. The molecule has 0 bridgehead atoms. The third-order valence-corrected chi connectivity index (χ3v) is 5.78. The first kappa shape index (κ1) is 24.0. The fourth-order valence-electron chi connectivity index (χ4n) is 4.02. The van der Waals surface area contributed by atoms with Crippen LogP contribution in [0.3, 0.4) is 0 Å². The van der Waals surface area contributed by atoms with E-state index >= 15 is 0 Å². The van der Waals surface area contributed by atoms with Crippen LogP contribution in [0.15, 0.2) is 79.6 Å². The Morgan fingerprint density at radius 3 is 2.69 bits per heavy atom. The molecule has 2 aromatic heterocycles. The zero-order valence-electron chi connectivity index (χ0n) is 20.2. The monoisotopic (exact) mass is 470 g/mol. The molecule has 4 rings (SSSR count). The Balaban J connectivity index is 1.45. The molecule has 0 aliphatic heterocycles. The summed E-state index contributed by atoms with van der Waals surface area (Å²) in [5.74, 6) is 2.21. The van der Waals surface area contributed by atoms with E-state index in [9.17, 15) is 4.79 Å². The molecule has 0 saturated heterocycles. The minimum absolute atomic E-state index is 0.0682. The average molecular weight is 471 g/mol. The summed E-state index contributed by atoms with van der Waals surface area (Å²) in [6.07, 6.45) is 6.67. The van der Waals surface area contributed by atoms with Gasteiger partial charge in [-0.15, -0.1) is 6.58 Å². The van der Waals surface area contributed by atoms with Gasteiger partial charge in [0.1, 0.15) is 5.82 Å². The van der Waals surface area contributed by atoms with Crippen LogP contribution >= 0.6 is 0 Å². The van der Waals surface area contributed by atoms with Crippen molar-refractivity contribution in [2.75, 3.05) is 20.8 Å². The van der Waals surface area contributed by atoms with Crippen molar-refractivity contribution >= 4 is 16.9 Å². The minimum atomic E-state index is -0.0682. The van der Waals surface area contributed by atoms with Crippen LogP contribution in [-0.2, 0) is 19.5 Å². The van der Waals surface area contributed by atoms with Crippen molar-refractivity contribution in [3.63, 3.8) is 0 Å². The Morgan fingerprint density at radius 1 is 1.11 bits per heavy atom. The number of nitrogens with zero attached hydrogens (tertiary/aromatic N) is 4. The van der Waals surface area contributed by atoms with Gasteiger partial charge in [0, 0.05) is 31.5 Å². The molecule has 0 fully saturated rings. The molecule has 7 nitrogen and oxygen atoms in total. The molecule has 0 saturated carbocycles. The number of amides is 1. The van der Waals surface area contributed by atoms with E-state index in [1.807, 2.05) is 42.5 Å². The van der Waals surface area contributed by atoms with Crippen molar-refractivity contribution < 1.29 is 14.3 Å². The van der Waals surface area contributed by atoms with E-state index in [1.165, 1.54) is 0 Å². The van der Waals surface area contributed by atoms with Crippen LogP contribution in [0.5, 0.6) is 11.5 Å². The number of ether oxygens (including phenoxy) is 2. The third-order valence-electron chi connectivity index (χ3n) is 5.78. The molecule has 0 spiro atoms. The summed E-state index contributed by atoms with van der Waals surface area (Å²) in [5.41, 5.74) is 3.68. The number of pyridine rings is 1. The summed E-state index contributed by atoms with van der Waals surface area (Å²) >= 11 is 0. The van der Waals surface area contributed by atoms with Crippen molar-refractivity contribution in [1.82, 2.24) is 19.4 Å². The molecule has 2 heterocycles. The van der Waals surface area contributed by atoms with Crippen LogP contribution in [0, 0.1) is 0 Å². The quantitative estimate of drug-likeness (QED) is 0.230. The number of aryl methyl sites for hydroxylation is 1. The van der Waals surface area contributed by atoms with Gasteiger partial charge in [-0.1, -0.05) is 24.3 Å². The smallest absolute Gasteiger partial charge is 0.254 e. The summed E-state index contributed by atoms with van der Waals surface area (Å²) in [4.78, 5) is 23.3. The number of rotatable bonds is 11. The van der Waals surface area contributed by atoms with E-state index < -0.39 is 0 Å². The standard InChI is InChI=1S/C28H30N4O3/c1-4-8-21-11-12-25(26(19-21)34-3)35-18-7-17-32-24-10-6-5-9-23(24)30-27(32)20-31(2)28(33)22-13-15-29-16-14-22/h4-6,9-16,19H,1,7-8,17-18,20H2,2-3H3. The lowest BCUT2D eigenvalue weighted by Crippen LogP contribution is -2.28. The zero-order valence-corrected chi connectivity index (χ0v) is 20.2. The normalized spacial score (nSPS) is 10.8. The van der Waals surface area contributed by atoms with Crippen molar-refractivity contribution in [2.24, 2.45) is 0 Å². The largest absolute Gasteiger partial charge is 0.493 e. The number of allylic oxidation sites excluding steroid dienone is 1. The van der Waals surface area contributed by atoms with Crippen LogP contribution in [0.2, 0.25) is 0 Å². The van der Waals surface area contributed by atoms with E-state index in [0.717, 1.165) is 46.8 Å². The van der Waals surface area contributed by atoms with Crippen LogP contribution < -0.4 is 9.47 Å². The second kappa shape index (κ2) is 11.3. The zero-order chi connectivity index (χ0) is 24.6. The van der Waals surface area contributed by atoms with Crippen LogP contribution in [0.25, 0.3) is 11.0 Å². The highest BCUT2D eigenvalue weighted by molar-refractivity contribution is 5.93. The molecule has 4 aromatic rings. The first-order valence-corrected chi connectivity index (χ1v) is 11.6. The number of hydrogen-bond donors (Lipinski definition) is 0. The Hall–Kier alpha value is -4.13. The summed E-state index contributed by atoms with van der Waals surface area (Å²) in [7, 11) is 3.44. The van der Waals surface area contributed by atoms with Crippen molar-refractivity contribution in [3.05, 3.63) is 96.6 Å². The molecular formula is C28H30N4O3. The summed E-state index contributed by atoms with van der Waals surface area (Å²) in [6.45, 7) is 5.42. The van der Waals surface area contributed by atoms with E-state index in [4.69, 9.17) is 14.5 Å². The number of fused-ring (bicyclic) bond motifs is 1. The highest BCUT2D eigenvalue weighted by Gasteiger charge is 2.17. The Kier molecular flexibility index (Phi) is 7.77. The van der Waals surface area contributed by atoms with Crippen molar-refractivity contribution in [1.29, 1.82) is 0 Å². The first-order chi connectivity index (χ1) is 17.1. The van der Waals surface area contributed by atoms with Crippen molar-refractivity contribution in [2.45, 2.75) is 25.9 Å². The number of aromatic nitrogens is 3. The predicted molar refractivity (Wildman–Crippen MR) is 137 cm³/mol. The summed E-state index contributed by atoms with van der Waals surface area (Å²) in [5, 5.41) is 0. The molecule has 0 aliphatic carbocycles. The molecule has 0 atom stereocenters. The van der Waals surface area contributed by atoms with Crippen molar-refractivity contribution in [3.8, 4) is 11.5 Å². The lowest BCUT2D eigenvalue weighted by atomic mass is 10.1. The Bertz CT molecular complexity index is 1300. The number of methoxy groups -OCH3 is 1. The molecule has 2 aromatic carbocycles. The van der Waals surface area contributed by atoms with Gasteiger partial charge < -0.3 is 18.9 Å². The predicted octanol–water partition coefficient (Wildman–Crippen LogP) is 4.91. The maximum atomic E-state index is 12.8. The van der Waals surface area contributed by atoms with E-state index in [0.29, 0.717) is 25.3 Å². The molecule has 0 N–H and O–H groups in total. The molecule has 0 unspecified atom stereocenters. The SMILES string of the molecule is C=CCc1ccc(OCCCn2c(CN(C)C(=O)c3ccncc3)nc3ccccc32)c(OC)c1. The number of hydrogen-bond acceptors (Lipinski definition) is 5. The lowest BCUT2D eigenvalue weighted by Gasteiger charge is -2.18. The second-order valence-electron chi connectivity index (χ2n) is 8.25. The number of carbonyl (C=O) groups excluding carboxylic acids is 1. The average Bonchev–Trinajstić information content (AvgIpc) is 3.24. The number of benzene rings is 2. The first-order valence-electron chi connectivity index (χ1n) is 11.6. The maximum Gasteiger partial charge on any atom is 0.254 e. The summed E-state index contributed by atoms with van der Waals surface area (Å²) < 4.78 is 13.7. The van der Waals surface area contributed by atoms with Gasteiger partial charge in [0.2, 0.25) is 0 Å². The fraction of sp³-hybridized carbons (Fsp3) is 0.250. The van der Waals surface area contributed by atoms with Gasteiger partial charge in [0.15, 0.2) is 11.5 Å². The van der Waals surface area contributed by atoms with Gasteiger partial charge in [-0.3, -0.25) is 9.78 Å². The van der Waals surface area contributed by atoms with Gasteiger partial charge in [-0.2, -0.15) is 0 Å². The highest BCUT2D eigenvalue weighted by Crippen LogP contribution is 2.28. The molecular weight excluding hydrogens is 440 g/mol. The Labute approximate surface area is 205 Å². The molecule has 35 heavy (non-hydrogen) atoms. The van der Waals surface area contributed by atoms with E-state index in [-0.39, 0.29) is 5.91 Å². The lowest BCUT2D eigenvalue weighted by molar-refractivity contribution is 0.0780. The third kappa shape index (κ3) is 5.69. The van der Waals surface area contributed by atoms with Crippen LogP contribution in [0.1, 0.15) is 28.2 Å². The molecule has 0 radical (unpaired) electrons. The highest BCUT2D eigenvalue weighted by atomic mass is 16.5. The van der Waals surface area contributed by atoms with Gasteiger partial charge >= 0.3 is 0 Å². The molecule has 180 valence electrons. The van der Waals surface area contributed by atoms with Gasteiger partial charge in [0.05, 0.1) is 31.3 Å². The summed E-state index contributed by atoms with van der Waals surface area (Å²) in [6, 6.07) is 17.4. The van der Waals surface area contributed by atoms with Gasteiger partial charge in [0.25, 0.3) is 5.91 Å². The number of carbonyl (C=O) groups is 1. The minimum Gasteiger partial charge on any atom is -0.493 e. The van der Waals surface area contributed by atoms with Crippen LogP contribution in [0.4, 0.5) is 0 Å². The molecule has 0 aliphatic rings. The topological polar surface area (TPSA) is 69.5 Å². The van der Waals surface area contributed by atoms with Gasteiger partial charge in [-0.05, 0) is 54.8 Å². The Morgan fingerprint density at radius 2 is 1.91 bits per heavy atom. The molecule has 1 amide bonds. The number of imidazole rings is 1. The van der Waals surface area contributed by atoms with Gasteiger partial charge in [-0.25, -0.2) is 4.98 Å². The van der Waals surface area contributed by atoms with E-state index in [2.05, 4.69) is 22.2 Å². The fourth-order valence-corrected chi connectivity index (χ4v) is 4.02. The van der Waals surface area contributed by atoms with Crippen LogP contribution in [-0.4, -0.2) is 46.1 Å². The van der Waals surface area contributed by atoms with E-state index in [1.54, 1.807) is 43.6 Å². The second-order valence-corrected chi connectivity index (χ2v) is 8.25.